The summed E-state index contributed by atoms with van der Waals surface area (Å²) in [5.74, 6) is 0.562. The predicted molar refractivity (Wildman–Crippen MR) is 192 cm³/mol. The number of fused-ring (bicyclic) bond motifs is 1. The van der Waals surface area contributed by atoms with E-state index < -0.39 is 12.2 Å². The molecule has 2 aliphatic rings. The van der Waals surface area contributed by atoms with Gasteiger partial charge in [-0.25, -0.2) is 4.98 Å². The molecule has 1 aliphatic heterocycles. The summed E-state index contributed by atoms with van der Waals surface area (Å²) in [6.07, 6.45) is 13.3. The first-order valence-electron chi connectivity index (χ1n) is 18.5. The third kappa shape index (κ3) is 13.1. The Morgan fingerprint density at radius 1 is 0.918 bits per heavy atom. The fourth-order valence-electron chi connectivity index (χ4n) is 6.71. The molecule has 14 heteroatoms. The summed E-state index contributed by atoms with van der Waals surface area (Å²) in [4.78, 5) is 22.7. The maximum atomic E-state index is 10.7. The van der Waals surface area contributed by atoms with Crippen molar-refractivity contribution in [2.45, 2.75) is 108 Å². The molecule has 1 aromatic carbocycles. The molecule has 3 heterocycles. The van der Waals surface area contributed by atoms with Crippen molar-refractivity contribution in [2.75, 3.05) is 56.4 Å². The van der Waals surface area contributed by atoms with E-state index in [2.05, 4.69) is 47.9 Å². The highest BCUT2D eigenvalue weighted by Crippen LogP contribution is 2.25. The molecule has 14 nitrogen and oxygen atoms in total. The summed E-state index contributed by atoms with van der Waals surface area (Å²) < 4.78 is 1.91. The Morgan fingerprint density at radius 3 is 2.57 bits per heavy atom. The Hall–Kier alpha value is -3.43. The average molecular weight is 680 g/mol. The van der Waals surface area contributed by atoms with Gasteiger partial charge in [0, 0.05) is 56.6 Å². The Balaban J connectivity index is 0.997. The summed E-state index contributed by atoms with van der Waals surface area (Å²) in [7, 11) is 0. The summed E-state index contributed by atoms with van der Waals surface area (Å²) in [6.45, 7) is 7.83. The van der Waals surface area contributed by atoms with E-state index in [0.717, 1.165) is 100.0 Å². The topological polar surface area (TPSA) is 177 Å². The van der Waals surface area contributed by atoms with Crippen LogP contribution >= 0.6 is 0 Å². The lowest BCUT2D eigenvalue weighted by atomic mass is 9.95. The number of hydrogen-bond donors (Lipinski definition) is 7. The molecule has 3 aromatic rings. The maximum Gasteiger partial charge on any atom is 0.303 e. The van der Waals surface area contributed by atoms with Crippen molar-refractivity contribution < 1.29 is 15.0 Å². The van der Waals surface area contributed by atoms with Crippen LogP contribution in [0.3, 0.4) is 0 Å². The Labute approximate surface area is 290 Å². The minimum atomic E-state index is -0.829. The molecule has 1 unspecified atom stereocenters. The zero-order chi connectivity index (χ0) is 34.1. The lowest BCUT2D eigenvalue weighted by Gasteiger charge is -2.33. The number of hydrogen-bond acceptors (Lipinski definition) is 12. The van der Waals surface area contributed by atoms with Crippen LogP contribution < -0.4 is 26.6 Å². The number of para-hydroxylation sites is 1. The average Bonchev–Trinajstić information content (AvgIpc) is 3.57. The van der Waals surface area contributed by atoms with Crippen molar-refractivity contribution in [2.24, 2.45) is 0 Å². The van der Waals surface area contributed by atoms with Gasteiger partial charge in [-0.2, -0.15) is 4.98 Å². The van der Waals surface area contributed by atoms with Crippen LogP contribution in [0.15, 0.2) is 30.5 Å². The van der Waals surface area contributed by atoms with Gasteiger partial charge in [-0.1, -0.05) is 36.6 Å². The van der Waals surface area contributed by atoms with E-state index >= 15 is 0 Å². The number of anilines is 2. The van der Waals surface area contributed by atoms with Crippen molar-refractivity contribution in [1.29, 1.82) is 0 Å². The van der Waals surface area contributed by atoms with Gasteiger partial charge in [0.1, 0.15) is 17.7 Å². The van der Waals surface area contributed by atoms with E-state index in [1.54, 1.807) is 0 Å². The van der Waals surface area contributed by atoms with Crippen LogP contribution in [-0.4, -0.2) is 110 Å². The molecule has 7 N–H and O–H groups in total. The Morgan fingerprint density at radius 2 is 1.73 bits per heavy atom. The number of likely N-dealkylation sites (tertiary alicyclic amines) is 1. The first-order valence-corrected chi connectivity index (χ1v) is 18.5. The minimum Gasteiger partial charge on any atom is -0.481 e. The number of carboxylic acid groups (broad SMARTS) is 1. The molecule has 1 atom stereocenters. The number of piperidine rings is 1. The number of carboxylic acids is 1. The number of aryl methyl sites for hydroxylation is 1. The van der Waals surface area contributed by atoms with Crippen LogP contribution in [0.25, 0.3) is 10.9 Å². The van der Waals surface area contributed by atoms with Gasteiger partial charge in [0.25, 0.3) is 0 Å². The number of carbonyl (C=O) groups is 1. The molecule has 2 aromatic heterocycles. The summed E-state index contributed by atoms with van der Waals surface area (Å²) >= 11 is 0. The first kappa shape index (κ1) is 36.8. The summed E-state index contributed by atoms with van der Waals surface area (Å²) in [6, 6.07) is 9.10. The minimum absolute atomic E-state index is 0.0818. The van der Waals surface area contributed by atoms with Gasteiger partial charge >= 0.3 is 5.97 Å². The largest absolute Gasteiger partial charge is 0.481 e. The van der Waals surface area contributed by atoms with Crippen molar-refractivity contribution >= 4 is 28.6 Å². The molecule has 49 heavy (non-hydrogen) atoms. The normalized spacial score (nSPS) is 17.0. The SMILES string of the molecule is O=C(O)CCCC(O)NCCN1CCC(Nc2nc(NCc3cn(CCCNCCCNC4CCCCC4)nn3)nc3ccccc23)CC1. The van der Waals surface area contributed by atoms with Crippen LogP contribution in [0, 0.1) is 0 Å². The van der Waals surface area contributed by atoms with Crippen LogP contribution in [0.5, 0.6) is 0 Å². The number of nitrogens with zero attached hydrogens (tertiary/aromatic N) is 6. The summed E-state index contributed by atoms with van der Waals surface area (Å²) in [5, 5.41) is 45.9. The number of aromatic nitrogens is 5. The van der Waals surface area contributed by atoms with Crippen molar-refractivity contribution in [1.82, 2.24) is 45.8 Å². The standard InChI is InChI=1S/C35H57N11O3/c47-32(13-6-14-33(48)49)38-20-24-45-22-15-28(16-23-45)40-34-30-11-4-5-12-31(30)41-35(42-34)39-25-29-26-46(44-43-29)21-8-18-36-17-7-19-37-27-9-2-1-3-10-27/h4-5,11-12,26-28,32,36-38,47H,1-3,6-10,13-25H2,(H,48,49)(H2,39,40,41,42). The Kier molecular flexibility index (Phi) is 15.3. The molecule has 1 saturated heterocycles. The van der Waals surface area contributed by atoms with Gasteiger partial charge in [0.05, 0.1) is 18.3 Å². The van der Waals surface area contributed by atoms with Gasteiger partial charge in [-0.3, -0.25) is 14.8 Å². The zero-order valence-corrected chi connectivity index (χ0v) is 29.0. The number of aliphatic hydroxyl groups is 1. The molecule has 0 spiro atoms. The number of aliphatic hydroxyl groups excluding tert-OH is 1. The van der Waals surface area contributed by atoms with E-state index in [-0.39, 0.29) is 6.42 Å². The highest BCUT2D eigenvalue weighted by Gasteiger charge is 2.21. The zero-order valence-electron chi connectivity index (χ0n) is 29.0. The highest BCUT2D eigenvalue weighted by atomic mass is 16.4. The lowest BCUT2D eigenvalue weighted by molar-refractivity contribution is -0.137. The van der Waals surface area contributed by atoms with E-state index in [9.17, 15) is 9.90 Å². The molecule has 270 valence electrons. The van der Waals surface area contributed by atoms with Crippen molar-refractivity contribution in [3.63, 3.8) is 0 Å². The van der Waals surface area contributed by atoms with E-state index in [4.69, 9.17) is 15.1 Å². The smallest absolute Gasteiger partial charge is 0.303 e. The van der Waals surface area contributed by atoms with E-state index in [1.165, 1.54) is 32.1 Å². The monoisotopic (exact) mass is 679 g/mol. The van der Waals surface area contributed by atoms with Gasteiger partial charge < -0.3 is 36.4 Å². The van der Waals surface area contributed by atoms with Crippen LogP contribution in [-0.2, 0) is 17.9 Å². The second-order valence-corrected chi connectivity index (χ2v) is 13.5. The van der Waals surface area contributed by atoms with Crippen molar-refractivity contribution in [3.05, 3.63) is 36.2 Å². The Bertz CT molecular complexity index is 1390. The quantitative estimate of drug-likeness (QED) is 0.0609. The molecular weight excluding hydrogens is 622 g/mol. The third-order valence-corrected chi connectivity index (χ3v) is 9.53. The molecule has 1 saturated carbocycles. The number of benzene rings is 1. The van der Waals surface area contributed by atoms with Gasteiger partial charge in [-0.05, 0) is 83.1 Å². The lowest BCUT2D eigenvalue weighted by Crippen LogP contribution is -2.43. The molecule has 0 radical (unpaired) electrons. The molecule has 0 bridgehead atoms. The third-order valence-electron chi connectivity index (χ3n) is 9.53. The molecule has 1 aliphatic carbocycles. The molecule has 2 fully saturated rings. The molecular formula is C35H57N11O3. The number of aliphatic carboxylic acids is 1. The number of rotatable bonds is 22. The second-order valence-electron chi connectivity index (χ2n) is 13.5. The van der Waals surface area contributed by atoms with E-state index in [0.29, 0.717) is 37.9 Å². The van der Waals surface area contributed by atoms with E-state index in [1.807, 2.05) is 29.1 Å². The summed E-state index contributed by atoms with van der Waals surface area (Å²) in [5.41, 5.74) is 1.73. The molecule has 0 amide bonds. The highest BCUT2D eigenvalue weighted by molar-refractivity contribution is 5.90. The van der Waals surface area contributed by atoms with Gasteiger partial charge in [0.15, 0.2) is 0 Å². The second kappa shape index (κ2) is 20.3. The van der Waals surface area contributed by atoms with Crippen LogP contribution in [0.4, 0.5) is 11.8 Å². The maximum absolute atomic E-state index is 10.7. The first-order chi connectivity index (χ1) is 24.0. The van der Waals surface area contributed by atoms with Gasteiger partial charge in [-0.15, -0.1) is 5.10 Å². The predicted octanol–water partition coefficient (Wildman–Crippen LogP) is 3.16. The fraction of sp³-hybridized carbons (Fsp3) is 0.686. The fourth-order valence-corrected chi connectivity index (χ4v) is 6.71. The van der Waals surface area contributed by atoms with Gasteiger partial charge in [0.2, 0.25) is 5.95 Å². The number of nitrogens with one attached hydrogen (secondary N) is 5. The molecule has 5 rings (SSSR count). The van der Waals surface area contributed by atoms with Crippen LogP contribution in [0.1, 0.15) is 82.7 Å². The van der Waals surface area contributed by atoms with Crippen molar-refractivity contribution in [3.8, 4) is 0 Å². The van der Waals surface area contributed by atoms with Crippen LogP contribution in [0.2, 0.25) is 0 Å².